The first-order valence-electron chi connectivity index (χ1n) is 6.64. The van der Waals surface area contributed by atoms with Crippen LogP contribution in [0.2, 0.25) is 0 Å². The van der Waals surface area contributed by atoms with Gasteiger partial charge in [-0.3, -0.25) is 4.79 Å². The van der Waals surface area contributed by atoms with Gasteiger partial charge in [-0.25, -0.2) is 0 Å². The van der Waals surface area contributed by atoms with E-state index in [-0.39, 0.29) is 11.9 Å². The molecule has 0 bridgehead atoms. The lowest BCUT2D eigenvalue weighted by Gasteiger charge is -2.11. The third-order valence-electron chi connectivity index (χ3n) is 3.02. The SMILES string of the molecule is CO/N=C/c1ccc(C(=O)NC(C)c2ccc(C)o2)cc1. The van der Waals surface area contributed by atoms with Crippen LogP contribution in [0, 0.1) is 6.92 Å². The van der Waals surface area contributed by atoms with Gasteiger partial charge in [0.05, 0.1) is 12.3 Å². The van der Waals surface area contributed by atoms with Crippen LogP contribution in [0.4, 0.5) is 0 Å². The number of aryl methyl sites for hydroxylation is 1. The lowest BCUT2D eigenvalue weighted by molar-refractivity contribution is 0.0935. The summed E-state index contributed by atoms with van der Waals surface area (Å²) in [6, 6.07) is 10.7. The van der Waals surface area contributed by atoms with Crippen molar-refractivity contribution in [3.63, 3.8) is 0 Å². The van der Waals surface area contributed by atoms with Gasteiger partial charge in [-0.2, -0.15) is 0 Å². The summed E-state index contributed by atoms with van der Waals surface area (Å²) in [4.78, 5) is 16.8. The molecule has 5 nitrogen and oxygen atoms in total. The van der Waals surface area contributed by atoms with Gasteiger partial charge in [-0.1, -0.05) is 17.3 Å². The minimum Gasteiger partial charge on any atom is -0.464 e. The molecule has 0 saturated heterocycles. The molecule has 1 heterocycles. The van der Waals surface area contributed by atoms with E-state index in [0.29, 0.717) is 5.56 Å². The van der Waals surface area contributed by atoms with Gasteiger partial charge >= 0.3 is 0 Å². The second kappa shape index (κ2) is 6.74. The zero-order valence-corrected chi connectivity index (χ0v) is 12.3. The molecule has 0 aliphatic carbocycles. The Kier molecular flexibility index (Phi) is 4.77. The summed E-state index contributed by atoms with van der Waals surface area (Å²) in [6.45, 7) is 3.76. The largest absolute Gasteiger partial charge is 0.464 e. The summed E-state index contributed by atoms with van der Waals surface area (Å²) in [5.74, 6) is 1.42. The Morgan fingerprint density at radius 1 is 1.29 bits per heavy atom. The van der Waals surface area contributed by atoms with Crippen molar-refractivity contribution in [2.24, 2.45) is 5.16 Å². The fourth-order valence-electron chi connectivity index (χ4n) is 1.87. The molecule has 1 amide bonds. The van der Waals surface area contributed by atoms with E-state index in [0.717, 1.165) is 17.1 Å². The topological polar surface area (TPSA) is 63.8 Å². The Morgan fingerprint density at radius 2 is 2.00 bits per heavy atom. The molecule has 1 N–H and O–H groups in total. The lowest BCUT2D eigenvalue weighted by atomic mass is 10.1. The van der Waals surface area contributed by atoms with Gasteiger partial charge in [0.25, 0.3) is 5.91 Å². The number of nitrogens with one attached hydrogen (secondary N) is 1. The molecule has 0 saturated carbocycles. The summed E-state index contributed by atoms with van der Waals surface area (Å²) in [6.07, 6.45) is 1.58. The molecule has 0 radical (unpaired) electrons. The number of oxime groups is 1. The van der Waals surface area contributed by atoms with E-state index in [9.17, 15) is 4.79 Å². The number of furan rings is 1. The molecule has 0 aliphatic rings. The van der Waals surface area contributed by atoms with E-state index < -0.39 is 0 Å². The van der Waals surface area contributed by atoms with Gasteiger partial charge < -0.3 is 14.6 Å². The lowest BCUT2D eigenvalue weighted by Crippen LogP contribution is -2.26. The van der Waals surface area contributed by atoms with Gasteiger partial charge in [-0.05, 0) is 43.7 Å². The number of rotatable bonds is 5. The Balaban J connectivity index is 2.01. The molecule has 0 aliphatic heterocycles. The van der Waals surface area contributed by atoms with Crippen molar-refractivity contribution in [2.45, 2.75) is 19.9 Å². The van der Waals surface area contributed by atoms with E-state index in [1.54, 1.807) is 30.5 Å². The van der Waals surface area contributed by atoms with Crippen LogP contribution < -0.4 is 5.32 Å². The number of benzene rings is 1. The molecular weight excluding hydrogens is 268 g/mol. The molecule has 2 rings (SSSR count). The van der Waals surface area contributed by atoms with E-state index >= 15 is 0 Å². The number of carbonyl (C=O) groups is 1. The number of amides is 1. The van der Waals surface area contributed by atoms with Gasteiger partial charge in [0.1, 0.15) is 18.6 Å². The monoisotopic (exact) mass is 286 g/mol. The van der Waals surface area contributed by atoms with E-state index in [2.05, 4.69) is 15.3 Å². The van der Waals surface area contributed by atoms with Crippen molar-refractivity contribution in [2.75, 3.05) is 7.11 Å². The van der Waals surface area contributed by atoms with E-state index in [4.69, 9.17) is 4.42 Å². The van der Waals surface area contributed by atoms with E-state index in [1.807, 2.05) is 26.0 Å². The molecule has 110 valence electrons. The Hall–Kier alpha value is -2.56. The second-order valence-electron chi connectivity index (χ2n) is 4.68. The first kappa shape index (κ1) is 14.8. The maximum Gasteiger partial charge on any atom is 0.251 e. The average molecular weight is 286 g/mol. The maximum atomic E-state index is 12.1. The van der Waals surface area contributed by atoms with Crippen molar-refractivity contribution in [3.8, 4) is 0 Å². The molecule has 21 heavy (non-hydrogen) atoms. The highest BCUT2D eigenvalue weighted by molar-refractivity contribution is 5.95. The van der Waals surface area contributed by atoms with Crippen molar-refractivity contribution in [1.29, 1.82) is 0 Å². The first-order chi connectivity index (χ1) is 10.1. The quantitative estimate of drug-likeness (QED) is 0.678. The maximum absolute atomic E-state index is 12.1. The average Bonchev–Trinajstić information content (AvgIpc) is 2.92. The highest BCUT2D eigenvalue weighted by Gasteiger charge is 2.13. The van der Waals surface area contributed by atoms with Crippen LogP contribution in [0.1, 0.15) is 40.4 Å². The van der Waals surface area contributed by atoms with Crippen LogP contribution in [-0.4, -0.2) is 19.2 Å². The molecular formula is C16H18N2O3. The van der Waals surface area contributed by atoms with E-state index in [1.165, 1.54) is 7.11 Å². The Morgan fingerprint density at radius 3 is 2.57 bits per heavy atom. The van der Waals surface area contributed by atoms with Crippen LogP contribution in [0.5, 0.6) is 0 Å². The fraction of sp³-hybridized carbons (Fsp3) is 0.250. The summed E-state index contributed by atoms with van der Waals surface area (Å²) in [5, 5.41) is 6.57. The second-order valence-corrected chi connectivity index (χ2v) is 4.68. The highest BCUT2D eigenvalue weighted by Crippen LogP contribution is 2.16. The molecule has 1 unspecified atom stereocenters. The number of hydrogen-bond acceptors (Lipinski definition) is 4. The van der Waals surface area contributed by atoms with Crippen LogP contribution in [-0.2, 0) is 4.84 Å². The van der Waals surface area contributed by atoms with Crippen LogP contribution in [0.25, 0.3) is 0 Å². The van der Waals surface area contributed by atoms with Crippen LogP contribution >= 0.6 is 0 Å². The molecule has 0 spiro atoms. The summed E-state index contributed by atoms with van der Waals surface area (Å²) < 4.78 is 5.50. The predicted molar refractivity (Wildman–Crippen MR) is 80.4 cm³/mol. The minimum atomic E-state index is -0.180. The standard InChI is InChI=1S/C16H18N2O3/c1-11-4-9-15(21-11)12(2)18-16(19)14-7-5-13(6-8-14)10-17-20-3/h4-10,12H,1-3H3,(H,18,19)/b17-10+. The van der Waals surface area contributed by atoms with Crippen molar-refractivity contribution in [1.82, 2.24) is 5.32 Å². The zero-order chi connectivity index (χ0) is 15.2. The number of carbonyl (C=O) groups excluding carboxylic acids is 1. The van der Waals surface area contributed by atoms with Crippen molar-refractivity contribution < 1.29 is 14.0 Å². The normalized spacial score (nSPS) is 12.3. The molecule has 1 aromatic carbocycles. The Labute approximate surface area is 123 Å². The van der Waals surface area contributed by atoms with Gasteiger partial charge in [0, 0.05) is 5.56 Å². The fourth-order valence-corrected chi connectivity index (χ4v) is 1.87. The summed E-state index contributed by atoms with van der Waals surface area (Å²) >= 11 is 0. The van der Waals surface area contributed by atoms with Crippen LogP contribution in [0.15, 0.2) is 46.0 Å². The third-order valence-corrected chi connectivity index (χ3v) is 3.02. The highest BCUT2D eigenvalue weighted by atomic mass is 16.6. The minimum absolute atomic E-state index is 0.146. The zero-order valence-electron chi connectivity index (χ0n) is 12.3. The Bertz CT molecular complexity index is 629. The van der Waals surface area contributed by atoms with Crippen LogP contribution in [0.3, 0.4) is 0 Å². The third kappa shape index (κ3) is 3.95. The number of hydrogen-bond donors (Lipinski definition) is 1. The van der Waals surface area contributed by atoms with Crippen molar-refractivity contribution in [3.05, 3.63) is 59.0 Å². The molecule has 0 fully saturated rings. The number of nitrogens with zero attached hydrogens (tertiary/aromatic N) is 1. The van der Waals surface area contributed by atoms with Gasteiger partial charge in [-0.15, -0.1) is 0 Å². The van der Waals surface area contributed by atoms with Crippen molar-refractivity contribution >= 4 is 12.1 Å². The summed E-state index contributed by atoms with van der Waals surface area (Å²) in [5.41, 5.74) is 1.45. The van der Waals surface area contributed by atoms with Gasteiger partial charge in [0.15, 0.2) is 0 Å². The summed E-state index contributed by atoms with van der Waals surface area (Å²) in [7, 11) is 1.48. The smallest absolute Gasteiger partial charge is 0.251 e. The first-order valence-corrected chi connectivity index (χ1v) is 6.64. The molecule has 1 atom stereocenters. The molecule has 5 heteroatoms. The van der Waals surface area contributed by atoms with Gasteiger partial charge in [0.2, 0.25) is 0 Å². The predicted octanol–water partition coefficient (Wildman–Crippen LogP) is 3.06. The molecule has 2 aromatic rings. The molecule has 1 aromatic heterocycles.